The van der Waals surface area contributed by atoms with Gasteiger partial charge in [-0.1, -0.05) is 12.1 Å². The number of hydrazine groups is 1. The van der Waals surface area contributed by atoms with Crippen LogP contribution in [0.25, 0.3) is 0 Å². The van der Waals surface area contributed by atoms with Crippen molar-refractivity contribution in [2.24, 2.45) is 5.10 Å². The fourth-order valence-electron chi connectivity index (χ4n) is 1.33. The molecule has 0 aromatic heterocycles. The van der Waals surface area contributed by atoms with Crippen molar-refractivity contribution in [3.05, 3.63) is 35.6 Å². The Bertz CT molecular complexity index is 331. The zero-order valence-corrected chi connectivity index (χ0v) is 7.21. The average molecular weight is 179 g/mol. The Hall–Kier alpha value is -1.42. The van der Waals surface area contributed by atoms with E-state index in [2.05, 4.69) is 16.1 Å². The van der Waals surface area contributed by atoms with Gasteiger partial charge < -0.3 is 0 Å². The van der Waals surface area contributed by atoms with Crippen molar-refractivity contribution < 1.29 is 4.39 Å². The van der Waals surface area contributed by atoms with Crippen LogP contribution in [0.1, 0.15) is 18.5 Å². The molecule has 3 nitrogen and oxygen atoms in total. The van der Waals surface area contributed by atoms with Crippen molar-refractivity contribution in [1.29, 1.82) is 0 Å². The molecule has 2 rings (SSSR count). The third-order valence-corrected chi connectivity index (χ3v) is 2.06. The number of nitrogens with one attached hydrogen (secondary N) is 2. The Labute approximate surface area is 75.6 Å². The Morgan fingerprint density at radius 2 is 2.00 bits per heavy atom. The lowest BCUT2D eigenvalue weighted by Crippen LogP contribution is -2.26. The van der Waals surface area contributed by atoms with Gasteiger partial charge in [-0.25, -0.2) is 15.4 Å². The Kier molecular flexibility index (Phi) is 1.98. The number of halogens is 1. The smallest absolute Gasteiger partial charge is 0.123 e. The molecule has 1 unspecified atom stereocenters. The Balaban J connectivity index is 2.26. The van der Waals surface area contributed by atoms with Gasteiger partial charge >= 0.3 is 0 Å². The van der Waals surface area contributed by atoms with Crippen LogP contribution in [0, 0.1) is 5.82 Å². The van der Waals surface area contributed by atoms with Gasteiger partial charge in [0.1, 0.15) is 5.82 Å². The molecule has 4 heteroatoms. The molecule has 0 spiro atoms. The third-order valence-electron chi connectivity index (χ3n) is 2.06. The van der Waals surface area contributed by atoms with Crippen molar-refractivity contribution in [2.75, 3.05) is 0 Å². The first-order chi connectivity index (χ1) is 6.27. The largest absolute Gasteiger partial charge is 0.242 e. The summed E-state index contributed by atoms with van der Waals surface area (Å²) in [6, 6.07) is 6.45. The monoisotopic (exact) mass is 179 g/mol. The minimum absolute atomic E-state index is 0.0561. The Morgan fingerprint density at radius 3 is 2.54 bits per heavy atom. The van der Waals surface area contributed by atoms with Crippen molar-refractivity contribution in [3.8, 4) is 0 Å². The molecule has 1 atom stereocenters. The lowest BCUT2D eigenvalue weighted by Gasteiger charge is -2.09. The maximum absolute atomic E-state index is 12.6. The molecule has 1 heterocycles. The van der Waals surface area contributed by atoms with E-state index in [1.54, 1.807) is 12.1 Å². The number of nitrogens with zero attached hydrogens (tertiary/aromatic N) is 1. The van der Waals surface area contributed by atoms with E-state index in [4.69, 9.17) is 0 Å². The summed E-state index contributed by atoms with van der Waals surface area (Å²) < 4.78 is 12.6. The minimum Gasteiger partial charge on any atom is -0.242 e. The SMILES string of the molecule is CC1=NNNC1c1ccc(F)cc1. The average Bonchev–Trinajstić information content (AvgIpc) is 2.53. The minimum atomic E-state index is -0.218. The first-order valence-corrected chi connectivity index (χ1v) is 4.07. The molecule has 0 radical (unpaired) electrons. The molecule has 13 heavy (non-hydrogen) atoms. The second kappa shape index (κ2) is 3.14. The zero-order chi connectivity index (χ0) is 9.26. The van der Waals surface area contributed by atoms with Crippen LogP contribution in [0.15, 0.2) is 29.4 Å². The molecule has 1 aliphatic heterocycles. The molecule has 2 N–H and O–H groups in total. The van der Waals surface area contributed by atoms with E-state index in [-0.39, 0.29) is 11.9 Å². The maximum atomic E-state index is 12.6. The van der Waals surface area contributed by atoms with Gasteiger partial charge in [0.2, 0.25) is 0 Å². The van der Waals surface area contributed by atoms with Crippen LogP contribution >= 0.6 is 0 Å². The summed E-state index contributed by atoms with van der Waals surface area (Å²) in [5.74, 6) is -0.218. The van der Waals surface area contributed by atoms with Gasteiger partial charge in [0.15, 0.2) is 0 Å². The lowest BCUT2D eigenvalue weighted by molar-refractivity contribution is 0.573. The second-order valence-electron chi connectivity index (χ2n) is 2.99. The van der Waals surface area contributed by atoms with Gasteiger partial charge in [-0.15, -0.1) is 0 Å². The van der Waals surface area contributed by atoms with E-state index in [1.165, 1.54) is 12.1 Å². The summed E-state index contributed by atoms with van der Waals surface area (Å²) in [5.41, 5.74) is 7.60. The summed E-state index contributed by atoms with van der Waals surface area (Å²) in [5, 5.41) is 3.98. The number of hydrazone groups is 1. The van der Waals surface area contributed by atoms with Crippen molar-refractivity contribution in [1.82, 2.24) is 11.0 Å². The Morgan fingerprint density at radius 1 is 1.31 bits per heavy atom. The number of benzene rings is 1. The highest BCUT2D eigenvalue weighted by Crippen LogP contribution is 2.16. The first-order valence-electron chi connectivity index (χ1n) is 4.07. The van der Waals surface area contributed by atoms with Crippen molar-refractivity contribution >= 4 is 5.71 Å². The van der Waals surface area contributed by atoms with E-state index < -0.39 is 0 Å². The van der Waals surface area contributed by atoms with E-state index in [0.717, 1.165) is 11.3 Å². The van der Waals surface area contributed by atoms with Crippen molar-refractivity contribution in [2.45, 2.75) is 13.0 Å². The van der Waals surface area contributed by atoms with E-state index in [0.29, 0.717) is 0 Å². The summed E-state index contributed by atoms with van der Waals surface area (Å²) in [7, 11) is 0. The quantitative estimate of drug-likeness (QED) is 0.682. The van der Waals surface area contributed by atoms with Crippen LogP contribution in [-0.4, -0.2) is 5.71 Å². The van der Waals surface area contributed by atoms with E-state index >= 15 is 0 Å². The topological polar surface area (TPSA) is 36.4 Å². The molecule has 0 fully saturated rings. The van der Waals surface area contributed by atoms with Gasteiger partial charge in [-0.2, -0.15) is 5.10 Å². The highest BCUT2D eigenvalue weighted by molar-refractivity contribution is 5.89. The molecule has 68 valence electrons. The molecule has 0 saturated heterocycles. The first kappa shape index (κ1) is 8.19. The molecule has 0 amide bonds. The van der Waals surface area contributed by atoms with Crippen molar-refractivity contribution in [3.63, 3.8) is 0 Å². The molecular formula is C9H10FN3. The predicted octanol–water partition coefficient (Wildman–Crippen LogP) is 1.35. The normalized spacial score (nSPS) is 21.1. The lowest BCUT2D eigenvalue weighted by atomic mass is 10.0. The second-order valence-corrected chi connectivity index (χ2v) is 2.99. The molecule has 1 aromatic rings. The van der Waals surface area contributed by atoms with Crippen LogP contribution in [0.2, 0.25) is 0 Å². The zero-order valence-electron chi connectivity index (χ0n) is 7.21. The maximum Gasteiger partial charge on any atom is 0.123 e. The van der Waals surface area contributed by atoms with Gasteiger partial charge in [-0.05, 0) is 24.6 Å². The highest BCUT2D eigenvalue weighted by Gasteiger charge is 2.18. The summed E-state index contributed by atoms with van der Waals surface area (Å²) in [4.78, 5) is 0. The predicted molar refractivity (Wildman–Crippen MR) is 48.5 cm³/mol. The molecule has 1 aliphatic rings. The fourth-order valence-corrected chi connectivity index (χ4v) is 1.33. The molecule has 0 saturated carbocycles. The van der Waals surface area contributed by atoms with Gasteiger partial charge in [0.05, 0.1) is 11.8 Å². The van der Waals surface area contributed by atoms with Gasteiger partial charge in [-0.3, -0.25) is 0 Å². The van der Waals surface area contributed by atoms with Crippen LogP contribution in [0.5, 0.6) is 0 Å². The third kappa shape index (κ3) is 1.53. The fraction of sp³-hybridized carbons (Fsp3) is 0.222. The molecule has 1 aromatic carbocycles. The van der Waals surface area contributed by atoms with Crippen LogP contribution < -0.4 is 11.0 Å². The number of hydrogen-bond acceptors (Lipinski definition) is 3. The summed E-state index contributed by atoms with van der Waals surface area (Å²) >= 11 is 0. The molecule has 0 aliphatic carbocycles. The van der Waals surface area contributed by atoms with Crippen LogP contribution in [0.4, 0.5) is 4.39 Å². The summed E-state index contributed by atoms with van der Waals surface area (Å²) in [6.07, 6.45) is 0. The van der Waals surface area contributed by atoms with Crippen LogP contribution in [0.3, 0.4) is 0 Å². The number of rotatable bonds is 1. The van der Waals surface area contributed by atoms with Crippen LogP contribution in [-0.2, 0) is 0 Å². The molecular weight excluding hydrogens is 169 g/mol. The molecule has 0 bridgehead atoms. The number of hydrogen-bond donors (Lipinski definition) is 2. The summed E-state index contributed by atoms with van der Waals surface area (Å²) in [6.45, 7) is 1.92. The van der Waals surface area contributed by atoms with E-state index in [9.17, 15) is 4.39 Å². The highest BCUT2D eigenvalue weighted by atomic mass is 19.1. The van der Waals surface area contributed by atoms with Gasteiger partial charge in [0, 0.05) is 0 Å². The van der Waals surface area contributed by atoms with E-state index in [1.807, 2.05) is 6.92 Å². The standard InChI is InChI=1S/C9H10FN3/c1-6-9(12-13-11-6)7-2-4-8(10)5-3-7/h2-5,9,12-13H,1H3. The van der Waals surface area contributed by atoms with Gasteiger partial charge in [0.25, 0.3) is 0 Å².